The molecule has 0 aliphatic carbocycles. The maximum Gasteiger partial charge on any atom is 0.0903 e. The summed E-state index contributed by atoms with van der Waals surface area (Å²) in [6.45, 7) is 8.36. The fraction of sp³-hybridized carbons (Fsp3) is 0.556. The van der Waals surface area contributed by atoms with Crippen LogP contribution in [0.25, 0.3) is 0 Å². The van der Waals surface area contributed by atoms with E-state index in [2.05, 4.69) is 18.5 Å². The van der Waals surface area contributed by atoms with E-state index >= 15 is 0 Å². The third-order valence-corrected chi connectivity index (χ3v) is 2.07. The van der Waals surface area contributed by atoms with Crippen LogP contribution in [0, 0.1) is 0 Å². The highest BCUT2D eigenvalue weighted by Gasteiger charge is 2.23. The first-order valence-electron chi connectivity index (χ1n) is 3.95. The second-order valence-electron chi connectivity index (χ2n) is 2.94. The van der Waals surface area contributed by atoms with Crippen LogP contribution >= 0.6 is 0 Å². The van der Waals surface area contributed by atoms with E-state index < -0.39 is 0 Å². The van der Waals surface area contributed by atoms with Gasteiger partial charge in [0.2, 0.25) is 0 Å². The highest BCUT2D eigenvalue weighted by Crippen LogP contribution is 2.15. The lowest BCUT2D eigenvalue weighted by atomic mass is 9.95. The van der Waals surface area contributed by atoms with Crippen LogP contribution < -0.4 is 5.32 Å². The zero-order valence-corrected chi connectivity index (χ0v) is 6.71. The van der Waals surface area contributed by atoms with Gasteiger partial charge in [-0.2, -0.15) is 0 Å². The maximum absolute atomic E-state index is 9.56. The highest BCUT2D eigenvalue weighted by atomic mass is 16.3. The van der Waals surface area contributed by atoms with E-state index in [0.717, 1.165) is 25.0 Å². The lowest BCUT2D eigenvalue weighted by molar-refractivity contribution is 0.143. The molecule has 2 unspecified atom stereocenters. The average Bonchev–Trinajstić information content (AvgIpc) is 1.99. The molecule has 0 amide bonds. The largest absolute Gasteiger partial charge is 0.387 e. The van der Waals surface area contributed by atoms with Gasteiger partial charge in [0, 0.05) is 6.04 Å². The Morgan fingerprint density at radius 2 is 2.45 bits per heavy atom. The van der Waals surface area contributed by atoms with Crippen LogP contribution in [-0.2, 0) is 0 Å². The number of nitrogens with one attached hydrogen (secondary N) is 1. The molecule has 2 heteroatoms. The minimum absolute atomic E-state index is 0.133. The molecule has 0 spiro atoms. The van der Waals surface area contributed by atoms with E-state index in [1.807, 2.05) is 6.08 Å². The van der Waals surface area contributed by atoms with Crippen LogP contribution in [0.5, 0.6) is 0 Å². The summed E-state index contributed by atoms with van der Waals surface area (Å²) in [4.78, 5) is 0. The molecule has 2 nitrogen and oxygen atoms in total. The van der Waals surface area contributed by atoms with Crippen molar-refractivity contribution in [2.24, 2.45) is 0 Å². The van der Waals surface area contributed by atoms with Gasteiger partial charge in [-0.15, -0.1) is 6.58 Å². The quantitative estimate of drug-likeness (QED) is 0.576. The molecule has 1 fully saturated rings. The number of rotatable bonds is 2. The molecule has 2 atom stereocenters. The van der Waals surface area contributed by atoms with Gasteiger partial charge in [-0.05, 0) is 25.0 Å². The molecule has 0 saturated carbocycles. The zero-order chi connectivity index (χ0) is 8.27. The Labute approximate surface area is 67.6 Å². The summed E-state index contributed by atoms with van der Waals surface area (Å²) in [5, 5.41) is 12.8. The second-order valence-corrected chi connectivity index (χ2v) is 2.94. The first-order chi connectivity index (χ1) is 5.25. The Morgan fingerprint density at radius 3 is 3.09 bits per heavy atom. The van der Waals surface area contributed by atoms with Crippen LogP contribution in [0.2, 0.25) is 0 Å². The van der Waals surface area contributed by atoms with Crippen molar-refractivity contribution in [3.8, 4) is 0 Å². The molecule has 0 aromatic heterocycles. The Bertz CT molecular complexity index is 165. The van der Waals surface area contributed by atoms with Gasteiger partial charge in [-0.1, -0.05) is 12.7 Å². The highest BCUT2D eigenvalue weighted by molar-refractivity contribution is 5.10. The molecule has 1 heterocycles. The third kappa shape index (κ3) is 1.91. The molecule has 0 bridgehead atoms. The van der Waals surface area contributed by atoms with Gasteiger partial charge in [-0.3, -0.25) is 0 Å². The van der Waals surface area contributed by atoms with E-state index in [-0.39, 0.29) is 12.1 Å². The Hall–Kier alpha value is -0.600. The molecule has 1 rings (SSSR count). The first kappa shape index (κ1) is 8.50. The molecule has 62 valence electrons. The Balaban J connectivity index is 2.50. The summed E-state index contributed by atoms with van der Waals surface area (Å²) in [6, 6.07) is 0.133. The molecule has 11 heavy (non-hydrogen) atoms. The first-order valence-corrected chi connectivity index (χ1v) is 3.95. The van der Waals surface area contributed by atoms with Crippen molar-refractivity contribution >= 4 is 0 Å². The molecule has 1 aliphatic rings. The molecule has 0 aromatic rings. The van der Waals surface area contributed by atoms with Gasteiger partial charge in [0.15, 0.2) is 0 Å². The SMILES string of the molecule is C=CCC1NCCC(=C)C1O. The number of aliphatic hydroxyl groups is 1. The number of hydrogen-bond acceptors (Lipinski definition) is 2. The van der Waals surface area contributed by atoms with Gasteiger partial charge < -0.3 is 10.4 Å². The van der Waals surface area contributed by atoms with Crippen molar-refractivity contribution in [2.75, 3.05) is 6.54 Å². The van der Waals surface area contributed by atoms with E-state index in [0.29, 0.717) is 0 Å². The fourth-order valence-corrected chi connectivity index (χ4v) is 1.35. The molecule has 0 radical (unpaired) electrons. The van der Waals surface area contributed by atoms with Crippen molar-refractivity contribution in [3.63, 3.8) is 0 Å². The van der Waals surface area contributed by atoms with Crippen LogP contribution in [0.3, 0.4) is 0 Å². The lowest BCUT2D eigenvalue weighted by Gasteiger charge is -2.29. The molecular formula is C9H15NO. The summed E-state index contributed by atoms with van der Waals surface area (Å²) in [7, 11) is 0. The normalized spacial score (nSPS) is 31.9. The lowest BCUT2D eigenvalue weighted by Crippen LogP contribution is -2.45. The third-order valence-electron chi connectivity index (χ3n) is 2.07. The van der Waals surface area contributed by atoms with E-state index in [1.165, 1.54) is 0 Å². The van der Waals surface area contributed by atoms with Gasteiger partial charge in [0.1, 0.15) is 0 Å². The van der Waals surface area contributed by atoms with Crippen LogP contribution in [0.15, 0.2) is 24.8 Å². The van der Waals surface area contributed by atoms with Crippen molar-refractivity contribution in [3.05, 3.63) is 24.8 Å². The van der Waals surface area contributed by atoms with E-state index in [4.69, 9.17) is 0 Å². The van der Waals surface area contributed by atoms with Crippen molar-refractivity contribution in [2.45, 2.75) is 25.0 Å². The summed E-state index contributed by atoms with van der Waals surface area (Å²) < 4.78 is 0. The van der Waals surface area contributed by atoms with E-state index in [9.17, 15) is 5.11 Å². The number of piperidine rings is 1. The summed E-state index contributed by atoms with van der Waals surface area (Å²) in [6.07, 6.45) is 3.12. The predicted molar refractivity (Wildman–Crippen MR) is 46.4 cm³/mol. The van der Waals surface area contributed by atoms with Gasteiger partial charge >= 0.3 is 0 Å². The zero-order valence-electron chi connectivity index (χ0n) is 6.71. The van der Waals surface area contributed by atoms with Gasteiger partial charge in [-0.25, -0.2) is 0 Å². The molecule has 1 aliphatic heterocycles. The molecular weight excluding hydrogens is 138 g/mol. The van der Waals surface area contributed by atoms with Crippen molar-refractivity contribution in [1.29, 1.82) is 0 Å². The maximum atomic E-state index is 9.56. The predicted octanol–water partition coefficient (Wildman–Crippen LogP) is 0.841. The Kier molecular flexibility index (Phi) is 2.85. The van der Waals surface area contributed by atoms with Crippen molar-refractivity contribution < 1.29 is 5.11 Å². The van der Waals surface area contributed by atoms with Gasteiger partial charge in [0.05, 0.1) is 6.10 Å². The monoisotopic (exact) mass is 153 g/mol. The van der Waals surface area contributed by atoms with Crippen LogP contribution in [0.4, 0.5) is 0 Å². The van der Waals surface area contributed by atoms with Crippen LogP contribution in [-0.4, -0.2) is 23.8 Å². The molecule has 1 saturated heterocycles. The summed E-state index contributed by atoms with van der Waals surface area (Å²) in [5.41, 5.74) is 0.940. The molecule has 2 N–H and O–H groups in total. The van der Waals surface area contributed by atoms with E-state index in [1.54, 1.807) is 0 Å². The van der Waals surface area contributed by atoms with Crippen LogP contribution in [0.1, 0.15) is 12.8 Å². The average molecular weight is 153 g/mol. The minimum Gasteiger partial charge on any atom is -0.387 e. The van der Waals surface area contributed by atoms with Gasteiger partial charge in [0.25, 0.3) is 0 Å². The topological polar surface area (TPSA) is 32.3 Å². The minimum atomic E-state index is -0.387. The summed E-state index contributed by atoms with van der Waals surface area (Å²) >= 11 is 0. The number of hydrogen-bond donors (Lipinski definition) is 2. The fourth-order valence-electron chi connectivity index (χ4n) is 1.35. The Morgan fingerprint density at radius 1 is 1.73 bits per heavy atom. The van der Waals surface area contributed by atoms with Crippen molar-refractivity contribution in [1.82, 2.24) is 5.32 Å². The smallest absolute Gasteiger partial charge is 0.0903 e. The number of aliphatic hydroxyl groups excluding tert-OH is 1. The second kappa shape index (κ2) is 3.69. The molecule has 0 aromatic carbocycles. The summed E-state index contributed by atoms with van der Waals surface area (Å²) in [5.74, 6) is 0. The standard InChI is InChI=1S/C9H15NO/c1-3-4-8-9(11)7(2)5-6-10-8/h3,8-11H,1-2,4-6H2.